The van der Waals surface area contributed by atoms with Crippen molar-refractivity contribution in [1.29, 1.82) is 0 Å². The van der Waals surface area contributed by atoms with Crippen LogP contribution in [0.5, 0.6) is 0 Å². The minimum absolute atomic E-state index is 0.00207. The number of rotatable bonds is 27. The first-order valence-corrected chi connectivity index (χ1v) is 14.6. The van der Waals surface area contributed by atoms with E-state index < -0.39 is 17.8 Å². The predicted octanol–water partition coefficient (Wildman–Crippen LogP) is -0.527. The van der Waals surface area contributed by atoms with E-state index in [0.717, 1.165) is 6.42 Å². The molecule has 3 amide bonds. The van der Waals surface area contributed by atoms with E-state index >= 15 is 0 Å². The summed E-state index contributed by atoms with van der Waals surface area (Å²) in [6, 6.07) is 0. The third kappa shape index (κ3) is 18.2. The molecule has 16 nitrogen and oxygen atoms in total. The molecule has 1 aliphatic carbocycles. The van der Waals surface area contributed by atoms with Gasteiger partial charge in [-0.1, -0.05) is 13.8 Å². The Morgan fingerprint density at radius 3 is 1.75 bits per heavy atom. The minimum Gasteiger partial charge on any atom is -0.545 e. The monoisotopic (exact) mass is 634 g/mol. The smallest absolute Gasteiger partial charge is 0.247 e. The Morgan fingerprint density at radius 1 is 0.705 bits per heavy atom. The lowest BCUT2D eigenvalue weighted by molar-refractivity contribution is -0.299. The molecule has 0 aliphatic heterocycles. The number of hydrogen-bond acceptors (Lipinski definition) is 13. The average molecular weight is 635 g/mol. The second-order valence-electron chi connectivity index (χ2n) is 9.78. The molecule has 0 bridgehead atoms. The fraction of sp³-hybridized carbons (Fsp3) is 0.786. The Balaban J connectivity index is 2.08. The molecule has 0 aromatic carbocycles. The van der Waals surface area contributed by atoms with Gasteiger partial charge in [-0.25, -0.2) is 0 Å². The van der Waals surface area contributed by atoms with Gasteiger partial charge in [0.1, 0.15) is 13.6 Å². The van der Waals surface area contributed by atoms with Crippen LogP contribution in [-0.2, 0) is 57.1 Å². The van der Waals surface area contributed by atoms with Gasteiger partial charge in [-0.2, -0.15) is 0 Å². The van der Waals surface area contributed by atoms with Gasteiger partial charge in [0.05, 0.1) is 12.6 Å². The van der Waals surface area contributed by atoms with Gasteiger partial charge in [0.15, 0.2) is 34.0 Å². The normalized spacial score (nSPS) is 14.6. The summed E-state index contributed by atoms with van der Waals surface area (Å²) in [7, 11) is 1.51. The summed E-state index contributed by atoms with van der Waals surface area (Å²) in [5.74, 6) is -2.96. The highest BCUT2D eigenvalue weighted by Crippen LogP contribution is 2.24. The highest BCUT2D eigenvalue weighted by molar-refractivity contribution is 6.01. The number of carboxylic acids is 1. The number of nitrogens with one attached hydrogen (secondary N) is 3. The largest absolute Gasteiger partial charge is 0.545 e. The number of hydrogen-bond donors (Lipinski definition) is 3. The molecule has 0 heterocycles. The Morgan fingerprint density at radius 2 is 1.20 bits per heavy atom. The fourth-order valence-electron chi connectivity index (χ4n) is 4.11. The van der Waals surface area contributed by atoms with Gasteiger partial charge in [-0.3, -0.25) is 14.4 Å². The molecule has 2 atom stereocenters. The Bertz CT molecular complexity index is 872. The maximum absolute atomic E-state index is 12.6. The van der Waals surface area contributed by atoms with Crippen LogP contribution in [0, 0.1) is 11.8 Å². The fourth-order valence-corrected chi connectivity index (χ4v) is 4.11. The molecule has 16 heteroatoms. The highest BCUT2D eigenvalue weighted by Gasteiger charge is 2.23. The molecule has 0 saturated carbocycles. The lowest BCUT2D eigenvalue weighted by atomic mass is 9.91. The van der Waals surface area contributed by atoms with Crippen molar-refractivity contribution in [2.24, 2.45) is 11.8 Å². The van der Waals surface area contributed by atoms with Crippen molar-refractivity contribution in [3.05, 3.63) is 11.1 Å². The predicted molar refractivity (Wildman–Crippen MR) is 151 cm³/mol. The third-order valence-electron chi connectivity index (χ3n) is 6.39. The van der Waals surface area contributed by atoms with E-state index in [9.17, 15) is 24.3 Å². The van der Waals surface area contributed by atoms with E-state index in [1.54, 1.807) is 6.92 Å². The number of methoxy groups -OCH3 is 1. The molecule has 2 unspecified atom stereocenters. The molecule has 254 valence electrons. The number of carbonyl (C=O) groups excluding carboxylic acids is 4. The summed E-state index contributed by atoms with van der Waals surface area (Å²) in [5.41, 5.74) is 0.300. The van der Waals surface area contributed by atoms with Crippen molar-refractivity contribution in [2.45, 2.75) is 52.4 Å². The van der Waals surface area contributed by atoms with E-state index in [4.69, 9.17) is 33.2 Å². The molecule has 1 rings (SSSR count). The van der Waals surface area contributed by atoms with Crippen molar-refractivity contribution >= 4 is 23.7 Å². The summed E-state index contributed by atoms with van der Waals surface area (Å²) in [6.07, 6.45) is 3.08. The van der Waals surface area contributed by atoms with Gasteiger partial charge in [-0.15, -0.1) is 0 Å². The second kappa shape index (κ2) is 25.6. The lowest BCUT2D eigenvalue weighted by Gasteiger charge is -2.21. The van der Waals surface area contributed by atoms with Crippen LogP contribution in [0.3, 0.4) is 0 Å². The number of carboxylic acid groups (broad SMARTS) is 1. The number of amides is 3. The first kappa shape index (κ1) is 39.3. The van der Waals surface area contributed by atoms with Crippen LogP contribution >= 0.6 is 0 Å². The minimum atomic E-state index is -1.31. The molecular formula is C28H48N3O13-. The van der Waals surface area contributed by atoms with E-state index in [2.05, 4.69) is 20.7 Å². The number of aliphatic carboxylic acids is 1. The molecule has 44 heavy (non-hydrogen) atoms. The Kier molecular flexibility index (Phi) is 22.9. The number of carbonyl (C=O) groups is 4. The van der Waals surface area contributed by atoms with Crippen LogP contribution in [0.25, 0.3) is 0 Å². The van der Waals surface area contributed by atoms with Crippen LogP contribution in [0.2, 0.25) is 0 Å². The maximum Gasteiger partial charge on any atom is 0.247 e. The van der Waals surface area contributed by atoms with Gasteiger partial charge in [-0.05, 0) is 44.1 Å². The maximum atomic E-state index is 12.6. The average Bonchev–Trinajstić information content (AvgIpc) is 3.02. The van der Waals surface area contributed by atoms with Crippen LogP contribution in [0.4, 0.5) is 0 Å². The molecule has 0 saturated heterocycles. The standard InChI is InChI=1S/C28H49N3O13/c1-4-22(13-21(2)25(32)29-9-10-30-27(34)23-7-5-6-8-24(23)28(35)36)26(33)31-11-12-38-15-40-17-42-19-44-20-43-18-41-16-39-14-37-3/h21-22H,4-20H2,1-3H3,(H,29,32)(H,30,34)(H,31,33)(H,35,36)/p-1. The summed E-state index contributed by atoms with van der Waals surface area (Å²) >= 11 is 0. The first-order chi connectivity index (χ1) is 21.3. The quantitative estimate of drug-likeness (QED) is 0.0770. The van der Waals surface area contributed by atoms with Crippen molar-refractivity contribution in [3.63, 3.8) is 0 Å². The third-order valence-corrected chi connectivity index (χ3v) is 6.39. The van der Waals surface area contributed by atoms with E-state index in [0.29, 0.717) is 32.1 Å². The second-order valence-corrected chi connectivity index (χ2v) is 9.78. The van der Waals surface area contributed by atoms with Crippen LogP contribution in [0.15, 0.2) is 11.1 Å². The summed E-state index contributed by atoms with van der Waals surface area (Å²) in [5, 5.41) is 19.4. The van der Waals surface area contributed by atoms with Gasteiger partial charge < -0.3 is 63.7 Å². The number of ether oxygens (including phenoxy) is 8. The van der Waals surface area contributed by atoms with Gasteiger partial charge in [0.25, 0.3) is 0 Å². The Labute approximate surface area is 258 Å². The zero-order valence-electron chi connectivity index (χ0n) is 26.0. The Hall–Kier alpha value is -2.70. The van der Waals surface area contributed by atoms with Crippen molar-refractivity contribution in [2.75, 3.05) is 80.9 Å². The summed E-state index contributed by atoms with van der Waals surface area (Å²) in [4.78, 5) is 48.7. The summed E-state index contributed by atoms with van der Waals surface area (Å²) in [6.45, 7) is 4.45. The molecule has 0 aromatic rings. The van der Waals surface area contributed by atoms with Gasteiger partial charge in [0, 0.05) is 44.2 Å². The van der Waals surface area contributed by atoms with Crippen molar-refractivity contribution in [1.82, 2.24) is 16.0 Å². The molecule has 0 radical (unpaired) electrons. The van der Waals surface area contributed by atoms with Crippen LogP contribution in [-0.4, -0.2) is 105 Å². The highest BCUT2D eigenvalue weighted by atomic mass is 16.8. The molecule has 3 N–H and O–H groups in total. The first-order valence-electron chi connectivity index (χ1n) is 14.6. The van der Waals surface area contributed by atoms with Crippen molar-refractivity contribution in [3.8, 4) is 0 Å². The molecule has 1 aliphatic rings. The van der Waals surface area contributed by atoms with Gasteiger partial charge in [0.2, 0.25) is 17.7 Å². The molecule has 0 fully saturated rings. The van der Waals surface area contributed by atoms with E-state index in [1.807, 2.05) is 6.92 Å². The molecule has 0 spiro atoms. The lowest BCUT2D eigenvalue weighted by Crippen LogP contribution is -2.40. The molecule has 0 aromatic heterocycles. The molecular weight excluding hydrogens is 586 g/mol. The van der Waals surface area contributed by atoms with Crippen molar-refractivity contribution < 1.29 is 62.2 Å². The zero-order chi connectivity index (χ0) is 32.4. The van der Waals surface area contributed by atoms with Gasteiger partial charge >= 0.3 is 0 Å². The van der Waals surface area contributed by atoms with E-state index in [-0.39, 0.29) is 103 Å². The topological polar surface area (TPSA) is 201 Å². The van der Waals surface area contributed by atoms with E-state index in [1.165, 1.54) is 7.11 Å². The summed E-state index contributed by atoms with van der Waals surface area (Å²) < 4.78 is 40.2. The van der Waals surface area contributed by atoms with Crippen LogP contribution in [0.1, 0.15) is 52.4 Å². The SMILES string of the molecule is CCC(CC(C)C(=O)NCCNC(=O)C1=C(C(=O)[O-])CCCC1)C(=O)NCCOCOCOCOCOCOCOCOC. The van der Waals surface area contributed by atoms with Crippen LogP contribution < -0.4 is 21.1 Å². The zero-order valence-corrected chi connectivity index (χ0v) is 26.0.